The van der Waals surface area contributed by atoms with Crippen LogP contribution in [0.5, 0.6) is 0 Å². The summed E-state index contributed by atoms with van der Waals surface area (Å²) in [6.07, 6.45) is 22.4. The average Bonchev–Trinajstić information content (AvgIpc) is 2.82. The number of aliphatic hydroxyl groups is 1. The summed E-state index contributed by atoms with van der Waals surface area (Å²) < 4.78 is 6.58. The van der Waals surface area contributed by atoms with Crippen molar-refractivity contribution in [1.29, 1.82) is 0 Å². The van der Waals surface area contributed by atoms with Crippen LogP contribution in [0.1, 0.15) is 124 Å². The lowest BCUT2D eigenvalue weighted by atomic mass is 9.60. The van der Waals surface area contributed by atoms with Gasteiger partial charge in [0.05, 0.1) is 6.10 Å². The Kier molecular flexibility index (Phi) is 11.2. The summed E-state index contributed by atoms with van der Waals surface area (Å²) in [5, 5.41) is 9.38. The zero-order chi connectivity index (χ0) is 22.1. The first kappa shape index (κ1) is 25.5. The van der Waals surface area contributed by atoms with Gasteiger partial charge in [0.25, 0.3) is 0 Å². The van der Waals surface area contributed by atoms with Crippen molar-refractivity contribution in [1.82, 2.24) is 0 Å². The molecule has 2 nitrogen and oxygen atoms in total. The van der Waals surface area contributed by atoms with Gasteiger partial charge < -0.3 is 9.84 Å². The summed E-state index contributed by atoms with van der Waals surface area (Å²) in [5.74, 6) is 6.25. The van der Waals surface area contributed by atoms with Crippen LogP contribution in [0.15, 0.2) is 0 Å². The predicted octanol–water partition coefficient (Wildman–Crippen LogP) is 8.02. The number of rotatable bonds is 11. The Hall–Kier alpha value is -0.0800. The van der Waals surface area contributed by atoms with E-state index >= 15 is 0 Å². The van der Waals surface area contributed by atoms with Crippen molar-refractivity contribution >= 4 is 0 Å². The molecule has 3 saturated carbocycles. The Labute approximate surface area is 194 Å². The average molecular weight is 435 g/mol. The topological polar surface area (TPSA) is 29.5 Å². The van der Waals surface area contributed by atoms with Crippen LogP contribution in [-0.2, 0) is 4.74 Å². The maximum Gasteiger partial charge on any atom is 0.0578 e. The lowest BCUT2D eigenvalue weighted by molar-refractivity contribution is -0.0462. The quantitative estimate of drug-likeness (QED) is 0.357. The number of aliphatic hydroxyl groups excluding tert-OH is 1. The third-order valence-electron chi connectivity index (χ3n) is 9.78. The lowest BCUT2D eigenvalue weighted by Gasteiger charge is -2.46. The van der Waals surface area contributed by atoms with E-state index in [2.05, 4.69) is 20.8 Å². The van der Waals surface area contributed by atoms with Gasteiger partial charge in [-0.2, -0.15) is 0 Å². The molecule has 0 radical (unpaired) electrons. The Morgan fingerprint density at radius 3 is 1.94 bits per heavy atom. The van der Waals surface area contributed by atoms with Crippen LogP contribution in [0.3, 0.4) is 0 Å². The summed E-state index contributed by atoms with van der Waals surface area (Å²) in [7, 11) is 0. The van der Waals surface area contributed by atoms with E-state index in [1.165, 1.54) is 96.3 Å². The van der Waals surface area contributed by atoms with Gasteiger partial charge in [-0.1, -0.05) is 72.1 Å². The molecular weight excluding hydrogens is 380 g/mol. The molecule has 6 unspecified atom stereocenters. The van der Waals surface area contributed by atoms with Crippen molar-refractivity contribution in [3.05, 3.63) is 0 Å². The second-order valence-corrected chi connectivity index (χ2v) is 11.7. The van der Waals surface area contributed by atoms with Crippen molar-refractivity contribution in [2.45, 2.75) is 130 Å². The molecule has 0 aliphatic heterocycles. The molecule has 0 aromatic heterocycles. The molecular formula is C29H54O2. The molecule has 0 heterocycles. The number of hydrogen-bond acceptors (Lipinski definition) is 2. The van der Waals surface area contributed by atoms with Gasteiger partial charge in [0.2, 0.25) is 0 Å². The molecule has 0 amide bonds. The van der Waals surface area contributed by atoms with E-state index in [1.807, 2.05) is 0 Å². The molecule has 0 bridgehead atoms. The third kappa shape index (κ3) is 7.46. The minimum Gasteiger partial charge on any atom is -0.396 e. The van der Waals surface area contributed by atoms with Crippen LogP contribution >= 0.6 is 0 Å². The smallest absolute Gasteiger partial charge is 0.0578 e. The van der Waals surface area contributed by atoms with Gasteiger partial charge in [0.15, 0.2) is 0 Å². The molecule has 31 heavy (non-hydrogen) atoms. The number of unbranched alkanes of at least 4 members (excludes halogenated alkanes) is 1. The van der Waals surface area contributed by atoms with Crippen LogP contribution in [-0.4, -0.2) is 24.4 Å². The highest BCUT2D eigenvalue weighted by atomic mass is 16.5. The number of ether oxygens (including phenoxy) is 1. The largest absolute Gasteiger partial charge is 0.396 e. The zero-order valence-electron chi connectivity index (χ0n) is 21.2. The minimum atomic E-state index is 0.381. The molecule has 0 spiro atoms. The van der Waals surface area contributed by atoms with Gasteiger partial charge >= 0.3 is 0 Å². The standard InChI is InChI=1S/C29H54O2/c1-4-7-8-22-9-11-24(12-10-22)21-31-27-14-16-29(26(6-3)20-27)28-15-13-23(17-18-30)19-25(28)5-2/h22-30H,4-21H2,1-3H3. The van der Waals surface area contributed by atoms with Gasteiger partial charge in [0.1, 0.15) is 0 Å². The maximum atomic E-state index is 9.38. The van der Waals surface area contributed by atoms with E-state index < -0.39 is 0 Å². The molecule has 3 rings (SSSR count). The molecule has 0 saturated heterocycles. The Bertz CT molecular complexity index is 469. The second-order valence-electron chi connectivity index (χ2n) is 11.7. The van der Waals surface area contributed by atoms with Crippen molar-refractivity contribution < 1.29 is 9.84 Å². The van der Waals surface area contributed by atoms with Crippen LogP contribution in [0.2, 0.25) is 0 Å². The summed E-state index contributed by atoms with van der Waals surface area (Å²) in [6.45, 7) is 8.58. The van der Waals surface area contributed by atoms with E-state index in [4.69, 9.17) is 4.74 Å². The van der Waals surface area contributed by atoms with Gasteiger partial charge in [-0.3, -0.25) is 0 Å². The molecule has 3 fully saturated rings. The van der Waals surface area contributed by atoms with E-state index in [9.17, 15) is 5.11 Å². The first-order valence-corrected chi connectivity index (χ1v) is 14.4. The first-order chi connectivity index (χ1) is 15.2. The highest BCUT2D eigenvalue weighted by Crippen LogP contribution is 2.48. The molecule has 0 aromatic rings. The van der Waals surface area contributed by atoms with Gasteiger partial charge in [-0.05, 0) is 92.8 Å². The summed E-state index contributed by atoms with van der Waals surface area (Å²) in [5.41, 5.74) is 0. The van der Waals surface area contributed by atoms with Crippen molar-refractivity contribution in [2.75, 3.05) is 13.2 Å². The van der Waals surface area contributed by atoms with E-state index in [-0.39, 0.29) is 0 Å². The van der Waals surface area contributed by atoms with E-state index in [0.717, 1.165) is 54.5 Å². The normalized spacial score (nSPS) is 39.5. The summed E-state index contributed by atoms with van der Waals surface area (Å²) in [6, 6.07) is 0. The molecule has 1 N–H and O–H groups in total. The van der Waals surface area contributed by atoms with E-state index in [0.29, 0.717) is 12.7 Å². The molecule has 6 atom stereocenters. The SMILES string of the molecule is CCCCC1CCC(COC2CCC(C3CCC(CCO)CC3CC)C(CC)C2)CC1. The molecule has 3 aliphatic carbocycles. The van der Waals surface area contributed by atoms with Crippen LogP contribution in [0.4, 0.5) is 0 Å². The molecule has 2 heteroatoms. The molecule has 3 aliphatic rings. The van der Waals surface area contributed by atoms with Crippen LogP contribution in [0.25, 0.3) is 0 Å². The third-order valence-corrected chi connectivity index (χ3v) is 9.78. The fourth-order valence-corrected chi connectivity index (χ4v) is 7.74. The van der Waals surface area contributed by atoms with Crippen LogP contribution < -0.4 is 0 Å². The Morgan fingerprint density at radius 1 is 0.677 bits per heavy atom. The van der Waals surface area contributed by atoms with Crippen molar-refractivity contribution in [2.24, 2.45) is 41.4 Å². The van der Waals surface area contributed by atoms with Crippen molar-refractivity contribution in [3.63, 3.8) is 0 Å². The zero-order valence-corrected chi connectivity index (χ0v) is 21.2. The maximum absolute atomic E-state index is 9.38. The van der Waals surface area contributed by atoms with E-state index in [1.54, 1.807) is 0 Å². The first-order valence-electron chi connectivity index (χ1n) is 14.4. The fraction of sp³-hybridized carbons (Fsp3) is 1.00. The Balaban J connectivity index is 1.42. The van der Waals surface area contributed by atoms with Gasteiger partial charge in [0, 0.05) is 13.2 Å². The fourth-order valence-electron chi connectivity index (χ4n) is 7.74. The second kappa shape index (κ2) is 13.6. The Morgan fingerprint density at radius 2 is 1.29 bits per heavy atom. The molecule has 0 aromatic carbocycles. The molecule has 182 valence electrons. The highest BCUT2D eigenvalue weighted by Gasteiger charge is 2.40. The van der Waals surface area contributed by atoms with Crippen molar-refractivity contribution in [3.8, 4) is 0 Å². The van der Waals surface area contributed by atoms with Crippen LogP contribution in [0, 0.1) is 41.4 Å². The summed E-state index contributed by atoms with van der Waals surface area (Å²) >= 11 is 0. The lowest BCUT2D eigenvalue weighted by Crippen LogP contribution is -2.39. The highest BCUT2D eigenvalue weighted by molar-refractivity contribution is 4.90. The predicted molar refractivity (Wildman–Crippen MR) is 132 cm³/mol. The van der Waals surface area contributed by atoms with Gasteiger partial charge in [-0.25, -0.2) is 0 Å². The number of hydrogen-bond donors (Lipinski definition) is 1. The summed E-state index contributed by atoms with van der Waals surface area (Å²) in [4.78, 5) is 0. The monoisotopic (exact) mass is 434 g/mol. The van der Waals surface area contributed by atoms with Gasteiger partial charge in [-0.15, -0.1) is 0 Å². The minimum absolute atomic E-state index is 0.381.